The molecule has 2 aromatic heterocycles. The molecule has 2 heterocycles. The fourth-order valence-electron chi connectivity index (χ4n) is 2.27. The molecule has 0 aliphatic rings. The van der Waals surface area contributed by atoms with E-state index in [1.165, 1.54) is 21.4 Å². The standard InChI is InChI=1S/C16H12N4OS/c1-10-6-8-11(9-7-10)17-15-19-20-14(21)12-4-2-3-5-13(12)18-16(20)22-15/h2-9H,1H3,(H,17,19). The number of para-hydroxylation sites is 1. The number of hydrogen-bond acceptors (Lipinski definition) is 5. The fraction of sp³-hybridized carbons (Fsp3) is 0.0625. The van der Waals surface area contributed by atoms with E-state index < -0.39 is 0 Å². The Morgan fingerprint density at radius 3 is 2.68 bits per heavy atom. The maximum absolute atomic E-state index is 12.4. The van der Waals surface area contributed by atoms with Crippen LogP contribution in [0.4, 0.5) is 10.8 Å². The van der Waals surface area contributed by atoms with E-state index >= 15 is 0 Å². The molecule has 0 unspecified atom stereocenters. The van der Waals surface area contributed by atoms with Gasteiger partial charge in [-0.1, -0.05) is 41.2 Å². The molecule has 5 nitrogen and oxygen atoms in total. The quantitative estimate of drug-likeness (QED) is 0.617. The van der Waals surface area contributed by atoms with Gasteiger partial charge in [0.15, 0.2) is 0 Å². The van der Waals surface area contributed by atoms with Crippen molar-refractivity contribution in [1.82, 2.24) is 14.6 Å². The number of anilines is 2. The van der Waals surface area contributed by atoms with Crippen molar-refractivity contribution in [2.75, 3.05) is 5.32 Å². The van der Waals surface area contributed by atoms with Crippen molar-refractivity contribution in [1.29, 1.82) is 0 Å². The van der Waals surface area contributed by atoms with Gasteiger partial charge in [0.1, 0.15) is 0 Å². The second-order valence-electron chi connectivity index (χ2n) is 5.03. The van der Waals surface area contributed by atoms with Gasteiger partial charge in [0, 0.05) is 5.69 Å². The summed E-state index contributed by atoms with van der Waals surface area (Å²) in [5.74, 6) is 0. The van der Waals surface area contributed by atoms with Crippen LogP contribution < -0.4 is 10.9 Å². The second kappa shape index (κ2) is 4.92. The minimum absolute atomic E-state index is 0.145. The van der Waals surface area contributed by atoms with Crippen molar-refractivity contribution in [3.8, 4) is 0 Å². The van der Waals surface area contributed by atoms with Gasteiger partial charge < -0.3 is 5.32 Å². The minimum atomic E-state index is -0.145. The number of nitrogens with one attached hydrogen (secondary N) is 1. The minimum Gasteiger partial charge on any atom is -0.330 e. The van der Waals surface area contributed by atoms with Crippen LogP contribution in [0, 0.1) is 6.92 Å². The number of nitrogens with zero attached hydrogens (tertiary/aromatic N) is 3. The highest BCUT2D eigenvalue weighted by atomic mass is 32.1. The first-order valence-corrected chi connectivity index (χ1v) is 7.65. The molecule has 2 aromatic carbocycles. The van der Waals surface area contributed by atoms with Crippen LogP contribution in [0.1, 0.15) is 5.56 Å². The fourth-order valence-corrected chi connectivity index (χ4v) is 3.08. The monoisotopic (exact) mass is 308 g/mol. The lowest BCUT2D eigenvalue weighted by molar-refractivity contribution is 0.919. The Morgan fingerprint density at radius 1 is 1.09 bits per heavy atom. The molecule has 0 radical (unpaired) electrons. The van der Waals surface area contributed by atoms with E-state index in [0.29, 0.717) is 21.0 Å². The Morgan fingerprint density at radius 2 is 1.86 bits per heavy atom. The zero-order valence-electron chi connectivity index (χ0n) is 11.8. The first-order valence-electron chi connectivity index (χ1n) is 6.83. The molecule has 0 amide bonds. The van der Waals surface area contributed by atoms with E-state index in [-0.39, 0.29) is 5.56 Å². The van der Waals surface area contributed by atoms with E-state index in [9.17, 15) is 4.79 Å². The molecule has 0 bridgehead atoms. The summed E-state index contributed by atoms with van der Waals surface area (Å²) in [5.41, 5.74) is 2.67. The molecular weight excluding hydrogens is 296 g/mol. The zero-order chi connectivity index (χ0) is 15.1. The summed E-state index contributed by atoms with van der Waals surface area (Å²) in [6.07, 6.45) is 0. The maximum Gasteiger partial charge on any atom is 0.283 e. The van der Waals surface area contributed by atoms with Gasteiger partial charge in [-0.15, -0.1) is 5.10 Å². The Balaban J connectivity index is 1.83. The lowest BCUT2D eigenvalue weighted by atomic mass is 10.2. The summed E-state index contributed by atoms with van der Waals surface area (Å²) in [7, 11) is 0. The number of aromatic nitrogens is 3. The molecule has 0 spiro atoms. The third-order valence-electron chi connectivity index (χ3n) is 3.41. The largest absolute Gasteiger partial charge is 0.330 e. The van der Waals surface area contributed by atoms with Crippen molar-refractivity contribution in [3.63, 3.8) is 0 Å². The molecule has 4 rings (SSSR count). The lowest BCUT2D eigenvalue weighted by Crippen LogP contribution is -2.15. The van der Waals surface area contributed by atoms with Gasteiger partial charge in [0.05, 0.1) is 10.9 Å². The molecule has 108 valence electrons. The van der Waals surface area contributed by atoms with Gasteiger partial charge >= 0.3 is 0 Å². The third kappa shape index (κ3) is 2.14. The topological polar surface area (TPSA) is 59.3 Å². The van der Waals surface area contributed by atoms with Gasteiger partial charge in [-0.3, -0.25) is 4.79 Å². The molecule has 4 aromatic rings. The number of benzene rings is 2. The molecule has 0 aliphatic heterocycles. The van der Waals surface area contributed by atoms with Crippen LogP contribution in [0.2, 0.25) is 0 Å². The van der Waals surface area contributed by atoms with Crippen LogP contribution >= 0.6 is 11.3 Å². The van der Waals surface area contributed by atoms with Crippen molar-refractivity contribution >= 4 is 38.0 Å². The van der Waals surface area contributed by atoms with Crippen LogP contribution in [0.5, 0.6) is 0 Å². The second-order valence-corrected chi connectivity index (χ2v) is 5.98. The molecule has 0 saturated heterocycles. The maximum atomic E-state index is 12.4. The van der Waals surface area contributed by atoms with E-state index in [4.69, 9.17) is 0 Å². The first kappa shape index (κ1) is 13.0. The highest BCUT2D eigenvalue weighted by molar-refractivity contribution is 7.20. The Hall–Kier alpha value is -2.73. The molecule has 1 N–H and O–H groups in total. The summed E-state index contributed by atoms with van der Waals surface area (Å²) >= 11 is 1.35. The number of rotatable bonds is 2. The molecular formula is C16H12N4OS. The average Bonchev–Trinajstić information content (AvgIpc) is 2.93. The van der Waals surface area contributed by atoms with Crippen molar-refractivity contribution in [3.05, 3.63) is 64.4 Å². The summed E-state index contributed by atoms with van der Waals surface area (Å²) in [6, 6.07) is 15.3. The molecule has 22 heavy (non-hydrogen) atoms. The van der Waals surface area contributed by atoms with E-state index in [1.54, 1.807) is 6.07 Å². The van der Waals surface area contributed by atoms with Crippen LogP contribution in [0.25, 0.3) is 15.9 Å². The van der Waals surface area contributed by atoms with Crippen molar-refractivity contribution in [2.24, 2.45) is 0 Å². The first-order chi connectivity index (χ1) is 10.7. The van der Waals surface area contributed by atoms with E-state index in [2.05, 4.69) is 15.4 Å². The zero-order valence-corrected chi connectivity index (χ0v) is 12.6. The normalized spacial score (nSPS) is 11.1. The van der Waals surface area contributed by atoms with Gasteiger partial charge in [-0.25, -0.2) is 4.98 Å². The summed E-state index contributed by atoms with van der Waals surface area (Å²) in [5, 5.41) is 8.76. The number of hydrogen-bond donors (Lipinski definition) is 1. The summed E-state index contributed by atoms with van der Waals surface area (Å²) in [6.45, 7) is 2.04. The van der Waals surface area contributed by atoms with Crippen LogP contribution in [0.3, 0.4) is 0 Å². The summed E-state index contributed by atoms with van der Waals surface area (Å²) < 4.78 is 1.35. The van der Waals surface area contributed by atoms with E-state index in [1.807, 2.05) is 49.4 Å². The van der Waals surface area contributed by atoms with Crippen molar-refractivity contribution in [2.45, 2.75) is 6.92 Å². The SMILES string of the molecule is Cc1ccc(Nc2nn3c(=O)c4ccccc4nc3s2)cc1. The number of fused-ring (bicyclic) bond motifs is 2. The van der Waals surface area contributed by atoms with Crippen LogP contribution in [0.15, 0.2) is 53.3 Å². The number of aryl methyl sites for hydroxylation is 1. The smallest absolute Gasteiger partial charge is 0.283 e. The third-order valence-corrected chi connectivity index (χ3v) is 4.23. The lowest BCUT2D eigenvalue weighted by Gasteiger charge is -2.01. The Kier molecular flexibility index (Phi) is 2.90. The van der Waals surface area contributed by atoms with Crippen LogP contribution in [-0.2, 0) is 0 Å². The molecule has 6 heteroatoms. The predicted octanol–water partition coefficient (Wildman–Crippen LogP) is 3.36. The van der Waals surface area contributed by atoms with Gasteiger partial charge in [-0.2, -0.15) is 4.52 Å². The highest BCUT2D eigenvalue weighted by Crippen LogP contribution is 2.22. The van der Waals surface area contributed by atoms with Gasteiger partial charge in [0.2, 0.25) is 10.1 Å². The average molecular weight is 308 g/mol. The molecule has 0 fully saturated rings. The Bertz CT molecular complexity index is 1030. The summed E-state index contributed by atoms with van der Waals surface area (Å²) in [4.78, 5) is 17.5. The van der Waals surface area contributed by atoms with Crippen LogP contribution in [-0.4, -0.2) is 14.6 Å². The van der Waals surface area contributed by atoms with E-state index in [0.717, 1.165) is 5.69 Å². The van der Waals surface area contributed by atoms with Crippen molar-refractivity contribution < 1.29 is 0 Å². The molecule has 0 atom stereocenters. The predicted molar refractivity (Wildman–Crippen MR) is 89.1 cm³/mol. The molecule has 0 saturated carbocycles. The highest BCUT2D eigenvalue weighted by Gasteiger charge is 2.10. The van der Waals surface area contributed by atoms with Gasteiger partial charge in [-0.05, 0) is 31.2 Å². The van der Waals surface area contributed by atoms with Gasteiger partial charge in [0.25, 0.3) is 5.56 Å². The molecule has 0 aliphatic carbocycles. The Labute approximate surface area is 129 Å².